The summed E-state index contributed by atoms with van der Waals surface area (Å²) < 4.78 is 10.4. The Labute approximate surface area is 153 Å². The van der Waals surface area contributed by atoms with Crippen molar-refractivity contribution in [1.82, 2.24) is 10.6 Å². The number of ether oxygens (including phenoxy) is 2. The molecule has 1 aromatic carbocycles. The van der Waals surface area contributed by atoms with Gasteiger partial charge in [0.1, 0.15) is 5.75 Å². The summed E-state index contributed by atoms with van der Waals surface area (Å²) in [7, 11) is 0. The van der Waals surface area contributed by atoms with Gasteiger partial charge in [0.15, 0.2) is 6.10 Å². The number of hydrogen-bond acceptors (Lipinski definition) is 5. The molecule has 0 aliphatic heterocycles. The van der Waals surface area contributed by atoms with Gasteiger partial charge in [0.2, 0.25) is 0 Å². The van der Waals surface area contributed by atoms with Gasteiger partial charge in [-0.2, -0.15) is 0 Å². The summed E-state index contributed by atoms with van der Waals surface area (Å²) in [5.74, 6) is -0.643. The van der Waals surface area contributed by atoms with E-state index in [0.29, 0.717) is 17.9 Å². The normalized spacial score (nSPS) is 15.6. The standard InChI is InChI=1S/C19H26N2O5/c1-3-25-16-11-9-14(10-12-16)18(23)26-13(2)17(22)21-19(24)20-15-7-5-4-6-8-15/h9-13,15H,3-8H2,1-2H3,(H2,20,21,22,24)/t13-/m1/s1. The zero-order valence-corrected chi connectivity index (χ0v) is 15.2. The molecule has 0 spiro atoms. The number of imide groups is 1. The second-order valence-electron chi connectivity index (χ2n) is 6.30. The van der Waals surface area contributed by atoms with Crippen LogP contribution in [0.1, 0.15) is 56.3 Å². The van der Waals surface area contributed by atoms with Gasteiger partial charge < -0.3 is 14.8 Å². The van der Waals surface area contributed by atoms with Crippen LogP contribution >= 0.6 is 0 Å². The Bertz CT molecular complexity index is 623. The molecular formula is C19H26N2O5. The third-order valence-corrected chi connectivity index (χ3v) is 4.23. The Morgan fingerprint density at radius 1 is 1.12 bits per heavy atom. The molecule has 0 aromatic heterocycles. The van der Waals surface area contributed by atoms with Crippen molar-refractivity contribution in [1.29, 1.82) is 0 Å². The van der Waals surface area contributed by atoms with Gasteiger partial charge in [0.05, 0.1) is 12.2 Å². The number of carbonyl (C=O) groups excluding carboxylic acids is 3. The van der Waals surface area contributed by atoms with Crippen LogP contribution in [-0.2, 0) is 9.53 Å². The summed E-state index contributed by atoms with van der Waals surface area (Å²) in [6.45, 7) is 3.83. The van der Waals surface area contributed by atoms with Crippen molar-refractivity contribution in [2.75, 3.05) is 6.61 Å². The number of nitrogens with one attached hydrogen (secondary N) is 2. The van der Waals surface area contributed by atoms with E-state index < -0.39 is 24.0 Å². The lowest BCUT2D eigenvalue weighted by molar-refractivity contribution is -0.127. The van der Waals surface area contributed by atoms with Crippen molar-refractivity contribution in [2.24, 2.45) is 0 Å². The van der Waals surface area contributed by atoms with Crippen LogP contribution in [0.15, 0.2) is 24.3 Å². The van der Waals surface area contributed by atoms with E-state index in [1.165, 1.54) is 13.3 Å². The summed E-state index contributed by atoms with van der Waals surface area (Å²) in [4.78, 5) is 36.0. The molecule has 1 aromatic rings. The number of amides is 3. The lowest BCUT2D eigenvalue weighted by Gasteiger charge is -2.23. The maximum absolute atomic E-state index is 12.1. The van der Waals surface area contributed by atoms with Crippen LogP contribution in [0.25, 0.3) is 0 Å². The quantitative estimate of drug-likeness (QED) is 0.759. The van der Waals surface area contributed by atoms with Crippen molar-refractivity contribution in [3.8, 4) is 5.75 Å². The lowest BCUT2D eigenvalue weighted by Crippen LogP contribution is -2.48. The molecular weight excluding hydrogens is 336 g/mol. The summed E-state index contributed by atoms with van der Waals surface area (Å²) in [5.41, 5.74) is 0.305. The van der Waals surface area contributed by atoms with Crippen LogP contribution < -0.4 is 15.4 Å². The molecule has 0 heterocycles. The molecule has 1 atom stereocenters. The van der Waals surface area contributed by atoms with E-state index in [1.807, 2.05) is 6.92 Å². The predicted octanol–water partition coefficient (Wildman–Crippen LogP) is 2.79. The predicted molar refractivity (Wildman–Crippen MR) is 96.0 cm³/mol. The van der Waals surface area contributed by atoms with E-state index in [2.05, 4.69) is 10.6 Å². The van der Waals surface area contributed by atoms with E-state index in [1.54, 1.807) is 24.3 Å². The molecule has 1 saturated carbocycles. The smallest absolute Gasteiger partial charge is 0.338 e. The van der Waals surface area contributed by atoms with Crippen molar-refractivity contribution in [3.05, 3.63) is 29.8 Å². The SMILES string of the molecule is CCOc1ccc(C(=O)O[C@H](C)C(=O)NC(=O)NC2CCCCC2)cc1. The van der Waals surface area contributed by atoms with E-state index in [0.717, 1.165) is 25.7 Å². The van der Waals surface area contributed by atoms with Gasteiger partial charge in [0, 0.05) is 6.04 Å². The van der Waals surface area contributed by atoms with Crippen LogP contribution in [0.5, 0.6) is 5.75 Å². The second kappa shape index (κ2) is 9.79. The van der Waals surface area contributed by atoms with Gasteiger partial charge in [-0.25, -0.2) is 9.59 Å². The summed E-state index contributed by atoms with van der Waals surface area (Å²) in [6.07, 6.45) is 4.10. The number of hydrogen-bond donors (Lipinski definition) is 2. The average molecular weight is 362 g/mol. The average Bonchev–Trinajstić information content (AvgIpc) is 2.63. The minimum atomic E-state index is -1.08. The molecule has 1 aliphatic carbocycles. The Morgan fingerprint density at radius 2 is 1.77 bits per heavy atom. The number of esters is 1. The molecule has 0 unspecified atom stereocenters. The van der Waals surface area contributed by atoms with Gasteiger partial charge in [-0.1, -0.05) is 19.3 Å². The van der Waals surface area contributed by atoms with Gasteiger partial charge >= 0.3 is 12.0 Å². The second-order valence-corrected chi connectivity index (χ2v) is 6.30. The molecule has 7 heteroatoms. The van der Waals surface area contributed by atoms with Crippen molar-refractivity contribution < 1.29 is 23.9 Å². The van der Waals surface area contributed by atoms with E-state index >= 15 is 0 Å². The maximum atomic E-state index is 12.1. The topological polar surface area (TPSA) is 93.7 Å². The highest BCUT2D eigenvalue weighted by Gasteiger charge is 2.22. The maximum Gasteiger partial charge on any atom is 0.338 e. The van der Waals surface area contributed by atoms with E-state index in [-0.39, 0.29) is 6.04 Å². The highest BCUT2D eigenvalue weighted by Crippen LogP contribution is 2.17. The molecule has 2 N–H and O–H groups in total. The van der Waals surface area contributed by atoms with Gasteiger partial charge in [0.25, 0.3) is 5.91 Å². The number of benzene rings is 1. The Balaban J connectivity index is 1.79. The fourth-order valence-corrected chi connectivity index (χ4v) is 2.82. The van der Waals surface area contributed by atoms with Gasteiger partial charge in [-0.05, 0) is 51.0 Å². The van der Waals surface area contributed by atoms with Gasteiger partial charge in [-0.3, -0.25) is 10.1 Å². The molecule has 1 aliphatic rings. The molecule has 0 saturated heterocycles. The molecule has 3 amide bonds. The van der Waals surface area contributed by atoms with Crippen LogP contribution in [0, 0.1) is 0 Å². The Kier molecular flexibility index (Phi) is 7.44. The molecule has 0 bridgehead atoms. The summed E-state index contributed by atoms with van der Waals surface area (Å²) >= 11 is 0. The van der Waals surface area contributed by atoms with Crippen LogP contribution in [-0.4, -0.2) is 36.7 Å². The fourth-order valence-electron chi connectivity index (χ4n) is 2.82. The molecule has 0 radical (unpaired) electrons. The van der Waals surface area contributed by atoms with Gasteiger partial charge in [-0.15, -0.1) is 0 Å². The first kappa shape index (κ1) is 19.8. The highest BCUT2D eigenvalue weighted by molar-refractivity contribution is 5.98. The van der Waals surface area contributed by atoms with Crippen LogP contribution in [0.3, 0.4) is 0 Å². The lowest BCUT2D eigenvalue weighted by atomic mass is 9.96. The zero-order chi connectivity index (χ0) is 18.9. The molecule has 1 fully saturated rings. The molecule has 142 valence electrons. The highest BCUT2D eigenvalue weighted by atomic mass is 16.5. The van der Waals surface area contributed by atoms with Crippen molar-refractivity contribution in [2.45, 2.75) is 58.1 Å². The molecule has 2 rings (SSSR count). The zero-order valence-electron chi connectivity index (χ0n) is 15.2. The summed E-state index contributed by atoms with van der Waals surface area (Å²) in [5, 5.41) is 5.01. The first-order valence-corrected chi connectivity index (χ1v) is 9.04. The Morgan fingerprint density at radius 3 is 2.38 bits per heavy atom. The van der Waals surface area contributed by atoms with Crippen molar-refractivity contribution >= 4 is 17.9 Å². The number of urea groups is 1. The first-order valence-electron chi connectivity index (χ1n) is 9.04. The number of rotatable bonds is 6. The fraction of sp³-hybridized carbons (Fsp3) is 0.526. The minimum absolute atomic E-state index is 0.0956. The monoisotopic (exact) mass is 362 g/mol. The Hall–Kier alpha value is -2.57. The molecule has 7 nitrogen and oxygen atoms in total. The van der Waals surface area contributed by atoms with E-state index in [4.69, 9.17) is 9.47 Å². The molecule has 26 heavy (non-hydrogen) atoms. The summed E-state index contributed by atoms with van der Waals surface area (Å²) in [6, 6.07) is 5.98. The number of carbonyl (C=O) groups is 3. The minimum Gasteiger partial charge on any atom is -0.494 e. The largest absolute Gasteiger partial charge is 0.494 e. The third-order valence-electron chi connectivity index (χ3n) is 4.23. The van der Waals surface area contributed by atoms with Crippen LogP contribution in [0.4, 0.5) is 4.79 Å². The van der Waals surface area contributed by atoms with Crippen molar-refractivity contribution in [3.63, 3.8) is 0 Å². The third kappa shape index (κ3) is 6.06. The first-order chi connectivity index (χ1) is 12.5. The van der Waals surface area contributed by atoms with Crippen LogP contribution in [0.2, 0.25) is 0 Å². The van der Waals surface area contributed by atoms with E-state index in [9.17, 15) is 14.4 Å².